The Hall–Kier alpha value is -1.35. The van der Waals surface area contributed by atoms with Crippen LogP contribution in [0.3, 0.4) is 0 Å². The summed E-state index contributed by atoms with van der Waals surface area (Å²) in [4.78, 5) is 6.69. The molecule has 0 aliphatic rings. The van der Waals surface area contributed by atoms with Gasteiger partial charge in [0.05, 0.1) is 13.7 Å². The molecule has 0 radical (unpaired) electrons. The molecule has 68 valence electrons. The van der Waals surface area contributed by atoms with E-state index >= 15 is 0 Å². The van der Waals surface area contributed by atoms with Crippen molar-refractivity contribution in [3.63, 3.8) is 0 Å². The van der Waals surface area contributed by atoms with Crippen LogP contribution in [0.5, 0.6) is 0 Å². The highest BCUT2D eigenvalue weighted by atomic mass is 79.9. The lowest BCUT2D eigenvalue weighted by Crippen LogP contribution is -1.73. The summed E-state index contributed by atoms with van der Waals surface area (Å²) in [6.07, 6.45) is -0.140. The first-order valence-electron chi connectivity index (χ1n) is 6.89. The van der Waals surface area contributed by atoms with E-state index in [0.717, 1.165) is 0 Å². The van der Waals surface area contributed by atoms with E-state index in [4.69, 9.17) is 8.22 Å². The molecule has 2 nitrogen and oxygen atoms in total. The Kier molecular flexibility index (Phi) is 0.811. The molecule has 0 spiro atoms. The highest BCUT2D eigenvalue weighted by Gasteiger charge is 2.03. The number of pyridine rings is 1. The van der Waals surface area contributed by atoms with Crippen LogP contribution in [0.15, 0.2) is 41.0 Å². The van der Waals surface area contributed by atoms with Gasteiger partial charge in [0.15, 0.2) is 0 Å². The molecule has 0 saturated heterocycles. The van der Waals surface area contributed by atoms with Crippen LogP contribution < -0.4 is 0 Å². The molecule has 3 heteroatoms. The van der Waals surface area contributed by atoms with E-state index < -0.39 is 0 Å². The predicted molar refractivity (Wildman–Crippen MR) is 61.3 cm³/mol. The second-order valence-electron chi connectivity index (χ2n) is 2.76. The van der Waals surface area contributed by atoms with Gasteiger partial charge in [0.2, 0.25) is 0 Å². The van der Waals surface area contributed by atoms with Crippen LogP contribution in [0.4, 0.5) is 0 Å². The minimum atomic E-state index is -0.364. The zero-order chi connectivity index (χ0) is 14.8. The molecule has 0 aliphatic carbocycles. The van der Waals surface area contributed by atoms with E-state index in [1.807, 2.05) is 0 Å². The highest BCUT2D eigenvalue weighted by Crippen LogP contribution is 2.25. The van der Waals surface area contributed by atoms with Gasteiger partial charge in [0.25, 0.3) is 0 Å². The van der Waals surface area contributed by atoms with Gasteiger partial charge >= 0.3 is 0 Å². The first kappa shape index (κ1) is 4.03. The van der Waals surface area contributed by atoms with Gasteiger partial charge in [-0.1, -0.05) is 18.1 Å². The van der Waals surface area contributed by atoms with E-state index in [-0.39, 0.29) is 62.8 Å². The average molecular weight is 253 g/mol. The van der Waals surface area contributed by atoms with E-state index in [1.54, 1.807) is 0 Å². The summed E-state index contributed by atoms with van der Waals surface area (Å²) in [6, 6.07) is -1.14. The average Bonchev–Trinajstić information content (AvgIpc) is 2.81. The summed E-state index contributed by atoms with van der Waals surface area (Å²) in [5, 5.41) is 0.435. The van der Waals surface area contributed by atoms with E-state index in [1.165, 1.54) is 0 Å². The topological polar surface area (TPSA) is 28.7 Å². The number of para-hydroxylation sites is 1. The van der Waals surface area contributed by atoms with Crippen LogP contribution in [-0.4, -0.2) is 9.97 Å². The maximum Gasteiger partial charge on any atom is 0.108 e. The molecule has 2 heterocycles. The van der Waals surface area contributed by atoms with Crippen molar-refractivity contribution in [3.8, 4) is 0 Å². The number of fused-ring (bicyclic) bond motifs is 3. The molecule has 0 saturated carbocycles. The Morgan fingerprint density at radius 2 is 2.07 bits per heavy atom. The Labute approximate surface area is 97.5 Å². The van der Waals surface area contributed by atoms with Crippen LogP contribution in [0, 0.1) is 0 Å². The number of aromatic amines is 1. The maximum absolute atomic E-state index is 7.95. The molecule has 0 amide bonds. The Balaban J connectivity index is 2.71. The monoisotopic (exact) mass is 252 g/mol. The number of hydrogen-bond donors (Lipinski definition) is 1. The summed E-state index contributed by atoms with van der Waals surface area (Å²) in [5.74, 6) is 0. The van der Waals surface area contributed by atoms with Crippen LogP contribution in [0.2, 0.25) is 0 Å². The van der Waals surface area contributed by atoms with Crippen molar-refractivity contribution in [2.24, 2.45) is 0 Å². The third-order valence-corrected chi connectivity index (χ3v) is 2.31. The summed E-state index contributed by atoms with van der Waals surface area (Å²) >= 11 is 3.08. The fourth-order valence-electron chi connectivity index (χ4n) is 1.35. The maximum atomic E-state index is 7.95. The largest absolute Gasteiger partial charge is 0.354 e. The van der Waals surface area contributed by atoms with Gasteiger partial charge in [-0.3, -0.25) is 0 Å². The number of H-pyrrole nitrogens is 1. The molecule has 1 N–H and O–H groups in total. The Bertz CT molecular complexity index is 888. The molecular formula is C11H7BrN2. The van der Waals surface area contributed by atoms with Crippen molar-refractivity contribution < 1.29 is 8.22 Å². The van der Waals surface area contributed by atoms with Crippen molar-refractivity contribution in [3.05, 3.63) is 41.0 Å². The smallest absolute Gasteiger partial charge is 0.108 e. The van der Waals surface area contributed by atoms with Gasteiger partial charge in [0.1, 0.15) is 4.60 Å². The van der Waals surface area contributed by atoms with E-state index in [9.17, 15) is 0 Å². The van der Waals surface area contributed by atoms with E-state index in [2.05, 4.69) is 25.9 Å². The molecular weight excluding hydrogens is 240 g/mol. The number of benzene rings is 1. The summed E-state index contributed by atoms with van der Waals surface area (Å²) in [6.45, 7) is 0. The summed E-state index contributed by atoms with van der Waals surface area (Å²) in [5.41, 5.74) is 0.465. The van der Waals surface area contributed by atoms with Gasteiger partial charge in [0, 0.05) is 22.5 Å². The van der Waals surface area contributed by atoms with Crippen LogP contribution in [0.1, 0.15) is 8.22 Å². The molecule has 3 rings (SSSR count). The van der Waals surface area contributed by atoms with Crippen LogP contribution in [-0.2, 0) is 0 Å². The van der Waals surface area contributed by atoms with Crippen molar-refractivity contribution in [1.29, 1.82) is 0 Å². The van der Waals surface area contributed by atoms with Crippen LogP contribution >= 0.6 is 15.9 Å². The minimum Gasteiger partial charge on any atom is -0.354 e. The molecule has 0 unspecified atom stereocenters. The first-order valence-corrected chi connectivity index (χ1v) is 4.68. The zero-order valence-corrected chi connectivity index (χ0v) is 8.41. The van der Waals surface area contributed by atoms with Crippen molar-refractivity contribution in [1.82, 2.24) is 9.97 Å². The fourth-order valence-corrected chi connectivity index (χ4v) is 1.63. The number of hydrogen-bond acceptors (Lipinski definition) is 1. The Morgan fingerprint density at radius 1 is 1.21 bits per heavy atom. The Morgan fingerprint density at radius 3 is 3.00 bits per heavy atom. The summed E-state index contributed by atoms with van der Waals surface area (Å²) < 4.78 is 47.2. The highest BCUT2D eigenvalue weighted by molar-refractivity contribution is 9.10. The number of aromatic nitrogens is 2. The molecule has 0 bridgehead atoms. The standard InChI is InChI=1S/C11H7BrN2/c12-11-5-10-8(6-13-11)7-3-1-2-4-9(7)14-10/h1-6,14H/i1D,2D,3D,4D,5D,6D. The number of rotatable bonds is 0. The lowest BCUT2D eigenvalue weighted by atomic mass is 10.2. The summed E-state index contributed by atoms with van der Waals surface area (Å²) in [7, 11) is 0. The van der Waals surface area contributed by atoms with Crippen molar-refractivity contribution >= 4 is 37.7 Å². The van der Waals surface area contributed by atoms with Crippen LogP contribution in [0.25, 0.3) is 21.8 Å². The van der Waals surface area contributed by atoms with Gasteiger partial charge in [-0.2, -0.15) is 0 Å². The molecule has 0 aliphatic heterocycles. The molecule has 3 aromatic rings. The zero-order valence-electron chi connectivity index (χ0n) is 12.8. The third kappa shape index (κ3) is 1.06. The lowest BCUT2D eigenvalue weighted by Gasteiger charge is -1.90. The second-order valence-corrected chi connectivity index (χ2v) is 3.52. The van der Waals surface area contributed by atoms with Crippen molar-refractivity contribution in [2.45, 2.75) is 0 Å². The van der Waals surface area contributed by atoms with Gasteiger partial charge in [-0.15, -0.1) is 0 Å². The molecule has 2 aromatic heterocycles. The number of halogens is 1. The lowest BCUT2D eigenvalue weighted by molar-refractivity contribution is 1.31. The van der Waals surface area contributed by atoms with Gasteiger partial charge in [-0.25, -0.2) is 4.98 Å². The number of nitrogens with one attached hydrogen (secondary N) is 1. The van der Waals surface area contributed by atoms with Crippen molar-refractivity contribution in [2.75, 3.05) is 0 Å². The van der Waals surface area contributed by atoms with E-state index in [0.29, 0.717) is 0 Å². The van der Waals surface area contributed by atoms with Gasteiger partial charge < -0.3 is 4.98 Å². The number of nitrogens with zero attached hydrogens (tertiary/aromatic N) is 1. The minimum absolute atomic E-state index is 0.0176. The SMILES string of the molecule is [2H]c1c([2H])c([2H])c2c([nH]c3c([2H])c(Br)nc([2H])c32)c1[2H]. The molecule has 14 heavy (non-hydrogen) atoms. The molecule has 0 atom stereocenters. The third-order valence-electron chi connectivity index (χ3n) is 1.93. The first-order chi connectivity index (χ1) is 9.34. The molecule has 0 fully saturated rings. The van der Waals surface area contributed by atoms with Gasteiger partial charge in [-0.05, 0) is 28.0 Å². The molecule has 1 aromatic carbocycles. The normalized spacial score (nSPS) is 17.2. The fraction of sp³-hybridized carbons (Fsp3) is 0. The quantitative estimate of drug-likeness (QED) is 0.610. The second kappa shape index (κ2) is 2.82. The predicted octanol–water partition coefficient (Wildman–Crippen LogP) is 3.48.